The van der Waals surface area contributed by atoms with E-state index in [1.165, 1.54) is 17.7 Å². The van der Waals surface area contributed by atoms with Gasteiger partial charge in [0.15, 0.2) is 0 Å². The molecule has 2 atom stereocenters. The summed E-state index contributed by atoms with van der Waals surface area (Å²) in [5.74, 6) is -0.739. The van der Waals surface area contributed by atoms with E-state index in [9.17, 15) is 9.59 Å². The van der Waals surface area contributed by atoms with Crippen molar-refractivity contribution in [1.82, 2.24) is 5.32 Å². The van der Waals surface area contributed by atoms with E-state index in [2.05, 4.69) is 80.4 Å². The molecule has 2 amide bonds. The number of benzene rings is 2. The van der Waals surface area contributed by atoms with Crippen LogP contribution in [0.1, 0.15) is 92.2 Å². The van der Waals surface area contributed by atoms with Gasteiger partial charge in [-0.1, -0.05) is 88.5 Å². The SMILES string of the molecule is CCC(C)(C)c1ccc(OCCCC(=O)NC2=NN(c3c(Cl)cc(Cl)cc3Cl)C(=O)C2C2(C)C=C(C)N=N2)c(C(C)(C)CC)c1. The van der Waals surface area contributed by atoms with Crippen molar-refractivity contribution in [3.63, 3.8) is 0 Å². The fourth-order valence-corrected chi connectivity index (χ4v) is 6.38. The van der Waals surface area contributed by atoms with Crippen molar-refractivity contribution in [2.45, 2.75) is 97.4 Å². The number of anilines is 1. The number of ether oxygens (including phenoxy) is 1. The van der Waals surface area contributed by atoms with Crippen LogP contribution in [0, 0.1) is 5.92 Å². The molecular formula is C34H42Cl3N5O3. The van der Waals surface area contributed by atoms with Crippen molar-refractivity contribution in [2.24, 2.45) is 21.2 Å². The Hall–Kier alpha value is -2.94. The molecule has 2 heterocycles. The van der Waals surface area contributed by atoms with Gasteiger partial charge >= 0.3 is 0 Å². The minimum absolute atomic E-state index is 0.0582. The second-order valence-corrected chi connectivity index (χ2v) is 14.4. The van der Waals surface area contributed by atoms with Gasteiger partial charge in [0.2, 0.25) is 5.91 Å². The number of hydrogen-bond donors (Lipinski definition) is 1. The van der Waals surface area contributed by atoms with Gasteiger partial charge in [-0.25, -0.2) is 0 Å². The highest BCUT2D eigenvalue weighted by Crippen LogP contribution is 2.43. The van der Waals surface area contributed by atoms with E-state index in [-0.39, 0.29) is 44.7 Å². The summed E-state index contributed by atoms with van der Waals surface area (Å²) >= 11 is 19.0. The van der Waals surface area contributed by atoms with Crippen molar-refractivity contribution in [3.05, 3.63) is 68.3 Å². The molecule has 2 unspecified atom stereocenters. The lowest BCUT2D eigenvalue weighted by atomic mass is 9.76. The molecule has 2 aromatic rings. The summed E-state index contributed by atoms with van der Waals surface area (Å²) < 4.78 is 6.26. The Morgan fingerprint density at radius 2 is 1.69 bits per heavy atom. The van der Waals surface area contributed by atoms with Crippen molar-refractivity contribution >= 4 is 58.1 Å². The van der Waals surface area contributed by atoms with Crippen LogP contribution in [0.25, 0.3) is 0 Å². The number of allylic oxidation sites excluding steroid dienone is 1. The number of rotatable bonds is 11. The molecule has 2 aromatic carbocycles. The van der Waals surface area contributed by atoms with Gasteiger partial charge in [0.05, 0.1) is 22.3 Å². The van der Waals surface area contributed by atoms with Crippen molar-refractivity contribution in [1.29, 1.82) is 0 Å². The molecule has 45 heavy (non-hydrogen) atoms. The molecule has 242 valence electrons. The van der Waals surface area contributed by atoms with Crippen LogP contribution in [-0.2, 0) is 20.4 Å². The van der Waals surface area contributed by atoms with Gasteiger partial charge in [-0.3, -0.25) is 9.59 Å². The van der Waals surface area contributed by atoms with Crippen LogP contribution < -0.4 is 15.1 Å². The van der Waals surface area contributed by atoms with Crippen LogP contribution in [0.3, 0.4) is 0 Å². The second-order valence-electron chi connectivity index (χ2n) is 13.2. The summed E-state index contributed by atoms with van der Waals surface area (Å²) in [5.41, 5.74) is 2.21. The first-order valence-electron chi connectivity index (χ1n) is 15.3. The lowest BCUT2D eigenvalue weighted by molar-refractivity contribution is -0.120. The zero-order valence-electron chi connectivity index (χ0n) is 27.2. The van der Waals surface area contributed by atoms with E-state index in [1.54, 1.807) is 19.9 Å². The molecule has 2 aliphatic rings. The quantitative estimate of drug-likeness (QED) is 0.241. The van der Waals surface area contributed by atoms with Gasteiger partial charge in [-0.2, -0.15) is 20.3 Å². The fraction of sp³-hybridized carbons (Fsp3) is 0.500. The monoisotopic (exact) mass is 673 g/mol. The highest BCUT2D eigenvalue weighted by molar-refractivity contribution is 6.42. The Labute approximate surface area is 281 Å². The summed E-state index contributed by atoms with van der Waals surface area (Å²) in [4.78, 5) is 27.0. The van der Waals surface area contributed by atoms with Crippen LogP contribution in [0.5, 0.6) is 5.75 Å². The van der Waals surface area contributed by atoms with Gasteiger partial charge in [-0.05, 0) is 73.8 Å². The average Bonchev–Trinajstić information content (AvgIpc) is 3.48. The Bertz CT molecular complexity index is 1560. The summed E-state index contributed by atoms with van der Waals surface area (Å²) in [6.07, 6.45) is 4.38. The van der Waals surface area contributed by atoms with Crippen molar-refractivity contribution in [2.75, 3.05) is 11.6 Å². The van der Waals surface area contributed by atoms with Crippen LogP contribution in [-0.4, -0.2) is 29.8 Å². The molecule has 11 heteroatoms. The van der Waals surface area contributed by atoms with E-state index in [1.807, 2.05) is 0 Å². The maximum atomic E-state index is 13.8. The molecule has 1 N–H and O–H groups in total. The summed E-state index contributed by atoms with van der Waals surface area (Å²) in [5, 5.41) is 17.5. The standard InChI is InChI=1S/C34H42Cl3N5O3/c1-9-32(4,5)21-13-14-26(23(16-21)33(6,7)10-2)45-15-11-12-27(43)38-30-28(34(8)19-20(3)39-41-34)31(44)42(40-30)29-24(36)17-22(35)18-25(29)37/h13-14,16-19,28H,9-12,15H2,1-8H3,(H,38,40,43). The number of hydrogen-bond acceptors (Lipinski definition) is 6. The zero-order chi connectivity index (χ0) is 33.3. The van der Waals surface area contributed by atoms with Gasteiger partial charge in [0.1, 0.15) is 28.7 Å². The van der Waals surface area contributed by atoms with Gasteiger partial charge in [0, 0.05) is 17.0 Å². The van der Waals surface area contributed by atoms with E-state index < -0.39 is 17.4 Å². The van der Waals surface area contributed by atoms with Gasteiger partial charge in [0.25, 0.3) is 5.91 Å². The highest BCUT2D eigenvalue weighted by Gasteiger charge is 2.51. The lowest BCUT2D eigenvalue weighted by Crippen LogP contribution is -2.47. The number of amides is 2. The third kappa shape index (κ3) is 7.39. The number of amidine groups is 1. The van der Waals surface area contributed by atoms with E-state index in [0.29, 0.717) is 23.7 Å². The zero-order valence-corrected chi connectivity index (χ0v) is 29.5. The molecular weight excluding hydrogens is 633 g/mol. The molecule has 0 bridgehead atoms. The molecule has 0 fully saturated rings. The third-order valence-electron chi connectivity index (χ3n) is 8.97. The first-order chi connectivity index (χ1) is 21.0. The summed E-state index contributed by atoms with van der Waals surface area (Å²) in [6, 6.07) is 9.41. The molecule has 4 rings (SSSR count). The van der Waals surface area contributed by atoms with Gasteiger partial charge < -0.3 is 10.1 Å². The predicted molar refractivity (Wildman–Crippen MR) is 183 cm³/mol. The number of carbonyl (C=O) groups excluding carboxylic acids is 2. The maximum Gasteiger partial charge on any atom is 0.261 e. The Balaban J connectivity index is 1.50. The van der Waals surface area contributed by atoms with Gasteiger partial charge in [-0.15, -0.1) is 0 Å². The summed E-state index contributed by atoms with van der Waals surface area (Å²) in [6.45, 7) is 17.2. The molecule has 0 radical (unpaired) electrons. The minimum atomic E-state index is -1.06. The number of azo groups is 1. The summed E-state index contributed by atoms with van der Waals surface area (Å²) in [7, 11) is 0. The highest BCUT2D eigenvalue weighted by atomic mass is 35.5. The molecule has 0 spiro atoms. The Morgan fingerprint density at radius 1 is 1.04 bits per heavy atom. The molecule has 8 nitrogen and oxygen atoms in total. The van der Waals surface area contributed by atoms with E-state index in [4.69, 9.17) is 39.5 Å². The van der Waals surface area contributed by atoms with Crippen LogP contribution >= 0.6 is 34.8 Å². The normalized spacial score (nSPS) is 20.0. The van der Waals surface area contributed by atoms with Crippen molar-refractivity contribution in [3.8, 4) is 5.75 Å². The second kappa shape index (κ2) is 13.4. The number of nitrogens with zero attached hydrogens (tertiary/aromatic N) is 4. The lowest BCUT2D eigenvalue weighted by Gasteiger charge is -2.30. The van der Waals surface area contributed by atoms with E-state index >= 15 is 0 Å². The van der Waals surface area contributed by atoms with Crippen LogP contribution in [0.4, 0.5) is 5.69 Å². The minimum Gasteiger partial charge on any atom is -0.493 e. The van der Waals surface area contributed by atoms with E-state index in [0.717, 1.165) is 29.2 Å². The molecule has 2 aliphatic heterocycles. The molecule has 0 saturated heterocycles. The average molecular weight is 675 g/mol. The van der Waals surface area contributed by atoms with Crippen LogP contribution in [0.2, 0.25) is 15.1 Å². The largest absolute Gasteiger partial charge is 0.493 e. The smallest absolute Gasteiger partial charge is 0.261 e. The molecule has 0 aliphatic carbocycles. The molecule has 0 aromatic heterocycles. The maximum absolute atomic E-state index is 13.8. The van der Waals surface area contributed by atoms with Crippen molar-refractivity contribution < 1.29 is 14.3 Å². The van der Waals surface area contributed by atoms with Crippen LogP contribution in [0.15, 0.2) is 57.4 Å². The predicted octanol–water partition coefficient (Wildman–Crippen LogP) is 9.40. The Morgan fingerprint density at radius 3 is 2.27 bits per heavy atom. The Kier molecular flexibility index (Phi) is 10.4. The third-order valence-corrected chi connectivity index (χ3v) is 9.76. The molecule has 0 saturated carbocycles. The number of halogens is 3. The number of nitrogens with one attached hydrogen (secondary N) is 1. The first-order valence-corrected chi connectivity index (χ1v) is 16.4. The fourth-order valence-electron chi connectivity index (χ4n) is 5.40. The first kappa shape index (κ1) is 34.9. The number of hydrazone groups is 1. The number of carbonyl (C=O) groups is 2. The topological polar surface area (TPSA) is 95.7 Å².